The molecule has 0 aliphatic carbocycles. The Kier molecular flexibility index (Phi) is 6.88. The predicted octanol–water partition coefficient (Wildman–Crippen LogP) is 4.69. The number of aryl methyl sites for hydroxylation is 1. The molecule has 34 heavy (non-hydrogen) atoms. The molecule has 1 saturated heterocycles. The number of nitrogens with zero attached hydrogens (tertiary/aromatic N) is 2. The third kappa shape index (κ3) is 5.06. The maximum atomic E-state index is 14.4. The molecule has 0 aromatic heterocycles. The highest BCUT2D eigenvalue weighted by Crippen LogP contribution is 2.25. The molecular weight excluding hydrogens is 484 g/mol. The van der Waals surface area contributed by atoms with Crippen molar-refractivity contribution in [2.45, 2.75) is 11.8 Å². The molecule has 0 radical (unpaired) electrons. The normalized spacial score (nSPS) is 14.8. The van der Waals surface area contributed by atoms with Crippen LogP contribution in [0.25, 0.3) is 0 Å². The minimum Gasteiger partial charge on any atom is -0.369 e. The molecule has 1 N–H and O–H groups in total. The molecule has 3 aromatic carbocycles. The summed E-state index contributed by atoms with van der Waals surface area (Å²) in [4.78, 5) is 14.5. The fourth-order valence-electron chi connectivity index (χ4n) is 3.72. The third-order valence-corrected chi connectivity index (χ3v) is 7.79. The average molecular weight is 506 g/mol. The predicted molar refractivity (Wildman–Crippen MR) is 128 cm³/mol. The number of anilines is 2. The van der Waals surface area contributed by atoms with E-state index >= 15 is 0 Å². The van der Waals surface area contributed by atoms with Crippen LogP contribution in [0.2, 0.25) is 5.02 Å². The molecule has 1 aliphatic rings. The van der Waals surface area contributed by atoms with Gasteiger partial charge in [-0.3, -0.25) is 4.79 Å². The van der Waals surface area contributed by atoms with E-state index in [0.717, 1.165) is 30.0 Å². The first kappa shape index (κ1) is 24.1. The minimum absolute atomic E-state index is 0.137. The van der Waals surface area contributed by atoms with Gasteiger partial charge in [0.2, 0.25) is 10.0 Å². The summed E-state index contributed by atoms with van der Waals surface area (Å²) in [5, 5.41) is 3.00. The highest BCUT2D eigenvalue weighted by molar-refractivity contribution is 7.89. The smallest absolute Gasteiger partial charge is 0.258 e. The summed E-state index contributed by atoms with van der Waals surface area (Å²) < 4.78 is 55.9. The number of halogens is 3. The third-order valence-electron chi connectivity index (χ3n) is 5.66. The quantitative estimate of drug-likeness (QED) is 0.546. The first-order chi connectivity index (χ1) is 16.1. The highest BCUT2D eigenvalue weighted by atomic mass is 35.5. The van der Waals surface area contributed by atoms with Crippen LogP contribution in [0.3, 0.4) is 0 Å². The molecule has 3 aromatic rings. The second-order valence-electron chi connectivity index (χ2n) is 7.93. The molecule has 1 aliphatic heterocycles. The monoisotopic (exact) mass is 505 g/mol. The number of hydrogen-bond donors (Lipinski definition) is 1. The standard InChI is InChI=1S/C24H22ClF2N3O3S/c1-16-5-6-18(14-23(16)27)28-24(31)21-15-20(7-8-22(21)26)34(32,33)30-11-9-29(10-12-30)19-4-2-3-17(25)13-19/h2-8,13-15H,9-12H2,1H3,(H,28,31). The number of carbonyl (C=O) groups excluding carboxylic acids is 1. The van der Waals surface area contributed by atoms with Gasteiger partial charge < -0.3 is 10.2 Å². The van der Waals surface area contributed by atoms with Crippen molar-refractivity contribution in [3.05, 3.63) is 88.4 Å². The van der Waals surface area contributed by atoms with Crippen molar-refractivity contribution in [1.82, 2.24) is 4.31 Å². The van der Waals surface area contributed by atoms with Gasteiger partial charge in [0, 0.05) is 42.6 Å². The molecule has 1 heterocycles. The molecule has 0 unspecified atom stereocenters. The molecule has 0 spiro atoms. The Bertz CT molecular complexity index is 1340. The highest BCUT2D eigenvalue weighted by Gasteiger charge is 2.30. The molecular formula is C24H22ClF2N3O3S. The lowest BCUT2D eigenvalue weighted by Crippen LogP contribution is -2.48. The zero-order valence-corrected chi connectivity index (χ0v) is 19.8. The Balaban J connectivity index is 1.51. The molecule has 4 rings (SSSR count). The molecule has 0 atom stereocenters. The van der Waals surface area contributed by atoms with Gasteiger partial charge in [0.05, 0.1) is 10.5 Å². The summed E-state index contributed by atoms with van der Waals surface area (Å²) in [6.45, 7) is 2.91. The van der Waals surface area contributed by atoms with E-state index in [2.05, 4.69) is 5.32 Å². The number of hydrogen-bond acceptors (Lipinski definition) is 4. The van der Waals surface area contributed by atoms with Gasteiger partial charge in [0.15, 0.2) is 0 Å². The lowest BCUT2D eigenvalue weighted by molar-refractivity contribution is 0.102. The zero-order valence-electron chi connectivity index (χ0n) is 18.3. The van der Waals surface area contributed by atoms with Gasteiger partial charge in [0.1, 0.15) is 11.6 Å². The van der Waals surface area contributed by atoms with Gasteiger partial charge in [0.25, 0.3) is 5.91 Å². The molecule has 10 heteroatoms. The number of benzene rings is 3. The molecule has 6 nitrogen and oxygen atoms in total. The Morgan fingerprint density at radius 1 is 0.941 bits per heavy atom. The van der Waals surface area contributed by atoms with Crippen LogP contribution in [0.15, 0.2) is 65.6 Å². The molecule has 178 valence electrons. The van der Waals surface area contributed by atoms with Gasteiger partial charge in [-0.2, -0.15) is 4.31 Å². The van der Waals surface area contributed by atoms with E-state index in [1.165, 1.54) is 16.4 Å². The maximum Gasteiger partial charge on any atom is 0.258 e. The summed E-state index contributed by atoms with van der Waals surface area (Å²) in [5.41, 5.74) is 0.989. The van der Waals surface area contributed by atoms with Crippen LogP contribution in [0.1, 0.15) is 15.9 Å². The number of piperazine rings is 1. The van der Waals surface area contributed by atoms with E-state index < -0.39 is 33.1 Å². The summed E-state index contributed by atoms with van der Waals surface area (Å²) in [5.74, 6) is -2.27. The average Bonchev–Trinajstić information content (AvgIpc) is 2.81. The number of sulfonamides is 1. The number of amides is 1. The van der Waals surface area contributed by atoms with Crippen molar-refractivity contribution < 1.29 is 22.0 Å². The van der Waals surface area contributed by atoms with Crippen molar-refractivity contribution in [2.24, 2.45) is 0 Å². The van der Waals surface area contributed by atoms with Crippen molar-refractivity contribution in [3.63, 3.8) is 0 Å². The topological polar surface area (TPSA) is 69.7 Å². The molecule has 1 amide bonds. The fourth-order valence-corrected chi connectivity index (χ4v) is 5.35. The second kappa shape index (κ2) is 9.69. The van der Waals surface area contributed by atoms with Crippen LogP contribution in [0, 0.1) is 18.6 Å². The Labute approximate surface area is 201 Å². The Hall–Kier alpha value is -3.01. The molecule has 0 saturated carbocycles. The molecule has 1 fully saturated rings. The minimum atomic E-state index is -3.96. The van der Waals surface area contributed by atoms with Crippen LogP contribution in [-0.4, -0.2) is 44.8 Å². The first-order valence-corrected chi connectivity index (χ1v) is 12.3. The summed E-state index contributed by atoms with van der Waals surface area (Å²) in [6.07, 6.45) is 0. The fraction of sp³-hybridized carbons (Fsp3) is 0.208. The van der Waals surface area contributed by atoms with Gasteiger partial charge >= 0.3 is 0 Å². The second-order valence-corrected chi connectivity index (χ2v) is 10.3. The van der Waals surface area contributed by atoms with Crippen molar-refractivity contribution >= 4 is 38.9 Å². The number of nitrogens with one attached hydrogen (secondary N) is 1. The molecule has 0 bridgehead atoms. The first-order valence-electron chi connectivity index (χ1n) is 10.5. The van der Waals surface area contributed by atoms with Crippen LogP contribution in [0.4, 0.5) is 20.2 Å². The Morgan fingerprint density at radius 2 is 1.68 bits per heavy atom. The number of carbonyl (C=O) groups is 1. The van der Waals surface area contributed by atoms with Gasteiger partial charge in [-0.1, -0.05) is 23.7 Å². The van der Waals surface area contributed by atoms with Crippen LogP contribution >= 0.6 is 11.6 Å². The van der Waals surface area contributed by atoms with Crippen molar-refractivity contribution in [2.75, 3.05) is 36.4 Å². The lowest BCUT2D eigenvalue weighted by Gasteiger charge is -2.35. The van der Waals surface area contributed by atoms with E-state index in [1.807, 2.05) is 23.1 Å². The van der Waals surface area contributed by atoms with Gasteiger partial charge in [-0.25, -0.2) is 17.2 Å². The lowest BCUT2D eigenvalue weighted by atomic mass is 10.1. The van der Waals surface area contributed by atoms with E-state index in [4.69, 9.17) is 11.6 Å². The Morgan fingerprint density at radius 3 is 2.35 bits per heavy atom. The van der Waals surface area contributed by atoms with Gasteiger partial charge in [-0.05, 0) is 61.0 Å². The largest absolute Gasteiger partial charge is 0.369 e. The summed E-state index contributed by atoms with van der Waals surface area (Å²) in [6, 6.07) is 14.5. The van der Waals surface area contributed by atoms with E-state index in [0.29, 0.717) is 23.7 Å². The number of rotatable bonds is 5. The van der Waals surface area contributed by atoms with E-state index in [9.17, 15) is 22.0 Å². The summed E-state index contributed by atoms with van der Waals surface area (Å²) >= 11 is 6.05. The van der Waals surface area contributed by atoms with E-state index in [1.54, 1.807) is 13.0 Å². The maximum absolute atomic E-state index is 14.4. The zero-order chi connectivity index (χ0) is 24.5. The van der Waals surface area contributed by atoms with Crippen molar-refractivity contribution in [1.29, 1.82) is 0 Å². The van der Waals surface area contributed by atoms with Crippen molar-refractivity contribution in [3.8, 4) is 0 Å². The van der Waals surface area contributed by atoms with Crippen LogP contribution in [0.5, 0.6) is 0 Å². The van der Waals surface area contributed by atoms with Gasteiger partial charge in [-0.15, -0.1) is 0 Å². The van der Waals surface area contributed by atoms with Crippen LogP contribution in [-0.2, 0) is 10.0 Å². The van der Waals surface area contributed by atoms with Crippen LogP contribution < -0.4 is 10.2 Å². The van der Waals surface area contributed by atoms with E-state index in [-0.39, 0.29) is 23.7 Å². The SMILES string of the molecule is Cc1ccc(NC(=O)c2cc(S(=O)(=O)N3CCN(c4cccc(Cl)c4)CC3)ccc2F)cc1F. The summed E-state index contributed by atoms with van der Waals surface area (Å²) in [7, 11) is -3.96.